The van der Waals surface area contributed by atoms with Gasteiger partial charge in [0, 0.05) is 44.6 Å². The number of para-hydroxylation sites is 1. The number of fused-ring (bicyclic) bond motifs is 1. The van der Waals surface area contributed by atoms with E-state index in [9.17, 15) is 19.5 Å². The molecule has 2 aliphatic heterocycles. The molecule has 1 saturated carbocycles. The van der Waals surface area contributed by atoms with Gasteiger partial charge in [-0.15, -0.1) is 0 Å². The monoisotopic (exact) mass is 655 g/mol. The lowest BCUT2D eigenvalue weighted by atomic mass is 9.87. The third-order valence-corrected chi connectivity index (χ3v) is 9.68. The van der Waals surface area contributed by atoms with Crippen molar-refractivity contribution in [2.24, 2.45) is 5.92 Å². The Kier molecular flexibility index (Phi) is 10.0. The van der Waals surface area contributed by atoms with Crippen molar-refractivity contribution in [2.45, 2.75) is 63.3 Å². The van der Waals surface area contributed by atoms with Crippen LogP contribution in [0.5, 0.6) is 0 Å². The molecule has 0 radical (unpaired) electrons. The topological polar surface area (TPSA) is 122 Å². The van der Waals surface area contributed by atoms with E-state index < -0.39 is 29.5 Å². The fourth-order valence-corrected chi connectivity index (χ4v) is 7.18. The summed E-state index contributed by atoms with van der Waals surface area (Å²) in [5.41, 5.74) is 1.01. The van der Waals surface area contributed by atoms with Crippen LogP contribution >= 0.6 is 11.6 Å². The molecular formula is C34H39ClFN3O7. The highest BCUT2D eigenvalue weighted by Crippen LogP contribution is 2.37. The molecule has 46 heavy (non-hydrogen) atoms. The van der Waals surface area contributed by atoms with Crippen molar-refractivity contribution in [1.29, 1.82) is 0 Å². The molecule has 12 heteroatoms. The second kappa shape index (κ2) is 14.2. The summed E-state index contributed by atoms with van der Waals surface area (Å²) in [7, 11) is 0. The Morgan fingerprint density at radius 1 is 1.00 bits per heavy atom. The maximum atomic E-state index is 15.8. The van der Waals surface area contributed by atoms with Crippen LogP contribution in [-0.4, -0.2) is 83.9 Å². The number of benzene rings is 2. The van der Waals surface area contributed by atoms with Crippen molar-refractivity contribution < 1.29 is 37.8 Å². The molecule has 3 aliphatic rings. The summed E-state index contributed by atoms with van der Waals surface area (Å²) in [6.45, 7) is 3.30. The van der Waals surface area contributed by atoms with Crippen LogP contribution in [0.1, 0.15) is 60.9 Å². The molecule has 1 aromatic heterocycles. The Morgan fingerprint density at radius 3 is 2.48 bits per heavy atom. The van der Waals surface area contributed by atoms with E-state index in [2.05, 4.69) is 10.2 Å². The molecule has 3 fully saturated rings. The van der Waals surface area contributed by atoms with Crippen molar-refractivity contribution in [3.05, 3.63) is 64.6 Å². The number of nitrogens with zero attached hydrogens (tertiary/aromatic N) is 2. The lowest BCUT2D eigenvalue weighted by Crippen LogP contribution is -2.68. The standard InChI is InChI=1S/C34H39ClFN3O7/c35-27-18-23(28(36)20-29(27)37-32(41)26-21-45-30-7-2-1-6-25(26)30)19-31(40)34(38-12-3-4-13-38,39-14-5-16-44-17-15-39)46-24-10-8-22(9-11-24)33(42)43/h1-2,6-7,18,20-22,24H,3-5,8-17,19H2,(H,37,41)(H,42,43). The summed E-state index contributed by atoms with van der Waals surface area (Å²) in [5.74, 6) is -4.19. The number of anilines is 1. The van der Waals surface area contributed by atoms with Gasteiger partial charge in [0.25, 0.3) is 5.91 Å². The SMILES string of the molecule is O=C(Nc1cc(F)c(CC(=O)C(OC2CCC(C(=O)O)CC2)(N2CCCC2)N2CCCOCC2)cc1Cl)c1coc2ccccc12. The predicted molar refractivity (Wildman–Crippen MR) is 169 cm³/mol. The van der Waals surface area contributed by atoms with Crippen LogP contribution in [0.25, 0.3) is 11.0 Å². The van der Waals surface area contributed by atoms with E-state index in [4.69, 9.17) is 25.5 Å². The van der Waals surface area contributed by atoms with E-state index in [1.165, 1.54) is 12.3 Å². The first-order valence-corrected chi connectivity index (χ1v) is 16.4. The number of rotatable bonds is 10. The molecule has 1 atom stereocenters. The van der Waals surface area contributed by atoms with Gasteiger partial charge >= 0.3 is 5.97 Å². The van der Waals surface area contributed by atoms with Gasteiger partial charge in [-0.1, -0.05) is 29.8 Å². The van der Waals surface area contributed by atoms with Gasteiger partial charge in [0.15, 0.2) is 5.78 Å². The normalized spacial score (nSPS) is 22.7. The molecule has 2 N–H and O–H groups in total. The van der Waals surface area contributed by atoms with Crippen molar-refractivity contribution in [3.63, 3.8) is 0 Å². The van der Waals surface area contributed by atoms with Crippen LogP contribution in [0.4, 0.5) is 10.1 Å². The number of hydrogen-bond acceptors (Lipinski definition) is 8. The van der Waals surface area contributed by atoms with Crippen LogP contribution in [0.2, 0.25) is 5.02 Å². The molecule has 6 rings (SSSR count). The van der Waals surface area contributed by atoms with Gasteiger partial charge in [0.2, 0.25) is 5.85 Å². The smallest absolute Gasteiger partial charge is 0.306 e. The van der Waals surface area contributed by atoms with Gasteiger partial charge in [-0.25, -0.2) is 4.39 Å². The number of likely N-dealkylation sites (tertiary alicyclic amines) is 1. The highest BCUT2D eigenvalue weighted by molar-refractivity contribution is 6.34. The molecule has 0 spiro atoms. The maximum Gasteiger partial charge on any atom is 0.306 e. The first-order valence-electron chi connectivity index (χ1n) is 16.0. The number of halogens is 2. The molecular weight excluding hydrogens is 617 g/mol. The lowest BCUT2D eigenvalue weighted by Gasteiger charge is -2.49. The van der Waals surface area contributed by atoms with Gasteiger partial charge in [-0.2, -0.15) is 0 Å². The Morgan fingerprint density at radius 2 is 1.72 bits per heavy atom. The summed E-state index contributed by atoms with van der Waals surface area (Å²) >= 11 is 6.58. The zero-order valence-corrected chi connectivity index (χ0v) is 26.4. The van der Waals surface area contributed by atoms with E-state index in [1.54, 1.807) is 24.3 Å². The van der Waals surface area contributed by atoms with Crippen molar-refractivity contribution in [2.75, 3.05) is 44.7 Å². The Balaban J connectivity index is 1.27. The van der Waals surface area contributed by atoms with Gasteiger partial charge in [-0.05, 0) is 68.7 Å². The number of nitrogens with one attached hydrogen (secondary N) is 1. The van der Waals surface area contributed by atoms with Crippen LogP contribution in [0.3, 0.4) is 0 Å². The molecule has 3 heterocycles. The Bertz CT molecular complexity index is 1580. The number of carbonyl (C=O) groups excluding carboxylic acids is 2. The average Bonchev–Trinajstić information content (AvgIpc) is 3.67. The van der Waals surface area contributed by atoms with Crippen LogP contribution in [0.15, 0.2) is 47.1 Å². The second-order valence-electron chi connectivity index (χ2n) is 12.3. The minimum absolute atomic E-state index is 0.0764. The molecule has 3 aromatic rings. The minimum atomic E-state index is -1.46. The molecule has 2 saturated heterocycles. The zero-order valence-electron chi connectivity index (χ0n) is 25.6. The molecule has 246 valence electrons. The van der Waals surface area contributed by atoms with Crippen molar-refractivity contribution in [3.8, 4) is 0 Å². The largest absolute Gasteiger partial charge is 0.481 e. The van der Waals surface area contributed by atoms with E-state index in [-0.39, 0.29) is 40.1 Å². The minimum Gasteiger partial charge on any atom is -0.481 e. The van der Waals surface area contributed by atoms with Gasteiger partial charge in [0.1, 0.15) is 17.7 Å². The Labute approximate surface area is 271 Å². The number of carboxylic acid groups (broad SMARTS) is 1. The summed E-state index contributed by atoms with van der Waals surface area (Å²) in [4.78, 5) is 43.4. The quantitative estimate of drug-likeness (QED) is 0.282. The number of carboxylic acids is 1. The second-order valence-corrected chi connectivity index (χ2v) is 12.7. The summed E-state index contributed by atoms with van der Waals surface area (Å²) in [6, 6.07) is 9.61. The summed E-state index contributed by atoms with van der Waals surface area (Å²) in [6.07, 6.45) is 5.22. The van der Waals surface area contributed by atoms with Crippen LogP contribution in [0, 0.1) is 11.7 Å². The molecule has 2 aromatic carbocycles. The van der Waals surface area contributed by atoms with Crippen molar-refractivity contribution in [1.82, 2.24) is 9.80 Å². The lowest BCUT2D eigenvalue weighted by molar-refractivity contribution is -0.256. The zero-order chi connectivity index (χ0) is 32.3. The third-order valence-electron chi connectivity index (χ3n) is 9.36. The molecule has 1 aliphatic carbocycles. The fourth-order valence-electron chi connectivity index (χ4n) is 6.95. The highest BCUT2D eigenvalue weighted by atomic mass is 35.5. The number of aliphatic carboxylic acids is 1. The molecule has 10 nitrogen and oxygen atoms in total. The van der Waals surface area contributed by atoms with Crippen LogP contribution in [-0.2, 0) is 25.5 Å². The number of ketones is 1. The number of amides is 1. The van der Waals surface area contributed by atoms with Gasteiger partial charge in [-0.3, -0.25) is 24.2 Å². The summed E-state index contributed by atoms with van der Waals surface area (Å²) in [5, 5.41) is 12.9. The number of hydrogen-bond donors (Lipinski definition) is 2. The fraction of sp³-hybridized carbons (Fsp3) is 0.500. The third kappa shape index (κ3) is 6.70. The van der Waals surface area contributed by atoms with E-state index in [0.717, 1.165) is 18.9 Å². The number of carbonyl (C=O) groups is 3. The predicted octanol–water partition coefficient (Wildman–Crippen LogP) is 5.72. The first-order chi connectivity index (χ1) is 22.3. The molecule has 0 bridgehead atoms. The van der Waals surface area contributed by atoms with Crippen LogP contribution < -0.4 is 5.32 Å². The molecule has 1 unspecified atom stereocenters. The number of furan rings is 1. The van der Waals surface area contributed by atoms with E-state index >= 15 is 4.39 Å². The van der Waals surface area contributed by atoms with Crippen molar-refractivity contribution >= 4 is 45.9 Å². The molecule has 1 amide bonds. The highest BCUT2D eigenvalue weighted by Gasteiger charge is 2.52. The summed E-state index contributed by atoms with van der Waals surface area (Å²) < 4.78 is 33.8. The van der Waals surface area contributed by atoms with E-state index in [1.807, 2.05) is 4.90 Å². The number of Topliss-reactive ketones (excluding diaryl/α,β-unsaturated/α-hetero) is 1. The number of ether oxygens (including phenoxy) is 2. The van der Waals surface area contributed by atoms with Gasteiger partial charge in [0.05, 0.1) is 34.9 Å². The van der Waals surface area contributed by atoms with E-state index in [0.29, 0.717) is 82.5 Å². The Hall–Kier alpha value is -3.35. The first kappa shape index (κ1) is 32.6. The maximum absolute atomic E-state index is 15.8. The average molecular weight is 656 g/mol. The van der Waals surface area contributed by atoms with Gasteiger partial charge < -0.3 is 24.3 Å².